The summed E-state index contributed by atoms with van der Waals surface area (Å²) in [5.74, 6) is 0.306. The Hall–Kier alpha value is -2.96. The number of nitrogens with zero attached hydrogens (tertiary/aromatic N) is 1. The maximum Gasteiger partial charge on any atom is 0.416 e. The summed E-state index contributed by atoms with van der Waals surface area (Å²) in [6.07, 6.45) is 2.40. The molecule has 0 radical (unpaired) electrons. The highest BCUT2D eigenvalue weighted by Crippen LogP contribution is 2.51. The third kappa shape index (κ3) is 4.27. The van der Waals surface area contributed by atoms with Crippen LogP contribution in [-0.2, 0) is 24.1 Å². The van der Waals surface area contributed by atoms with Crippen LogP contribution in [-0.4, -0.2) is 15.6 Å². The van der Waals surface area contributed by atoms with Crippen LogP contribution in [0.2, 0.25) is 0 Å². The molecule has 1 aromatic heterocycles. The minimum atomic E-state index is -4.38. The largest absolute Gasteiger partial charge is 0.489 e. The highest BCUT2D eigenvalue weighted by molar-refractivity contribution is 5.89. The van der Waals surface area contributed by atoms with E-state index in [1.54, 1.807) is 12.1 Å². The molecule has 0 saturated heterocycles. The zero-order chi connectivity index (χ0) is 25.0. The summed E-state index contributed by atoms with van der Waals surface area (Å²) < 4.78 is 49.8. The molecule has 0 spiro atoms. The molecule has 2 saturated carbocycles. The number of aryl methyl sites for hydroxylation is 1. The number of aliphatic carboxylic acids is 1. The molecule has 3 aromatic rings. The van der Waals surface area contributed by atoms with Crippen molar-refractivity contribution in [3.63, 3.8) is 0 Å². The molecule has 1 N–H and O–H groups in total. The molecule has 4 nitrogen and oxygen atoms in total. The predicted molar refractivity (Wildman–Crippen MR) is 131 cm³/mol. The van der Waals surface area contributed by atoms with E-state index in [1.807, 2.05) is 18.2 Å². The van der Waals surface area contributed by atoms with Crippen molar-refractivity contribution in [1.82, 2.24) is 4.57 Å². The summed E-state index contributed by atoms with van der Waals surface area (Å²) in [6, 6.07) is 10.5. The predicted octanol–water partition coefficient (Wildman–Crippen LogP) is 7.74. The molecule has 7 heteroatoms. The summed E-state index contributed by atoms with van der Waals surface area (Å²) in [4.78, 5) is 11.4. The van der Waals surface area contributed by atoms with Crippen molar-refractivity contribution in [3.05, 3.63) is 64.3 Å². The van der Waals surface area contributed by atoms with Gasteiger partial charge in [-0.05, 0) is 84.9 Å². The Labute approximate surface area is 208 Å². The Morgan fingerprint density at radius 1 is 1.00 bits per heavy atom. The smallest absolute Gasteiger partial charge is 0.416 e. The van der Waals surface area contributed by atoms with E-state index in [2.05, 4.69) is 4.57 Å². The number of rotatable bonds is 7. The van der Waals surface area contributed by atoms with Crippen LogP contribution < -0.4 is 4.74 Å². The molecule has 3 aliphatic rings. The molecule has 2 heterocycles. The summed E-state index contributed by atoms with van der Waals surface area (Å²) in [5, 5.41) is 10.5. The Morgan fingerprint density at radius 3 is 2.47 bits per heavy atom. The first kappa shape index (κ1) is 23.4. The average Bonchev–Trinajstić information content (AvgIpc) is 3.24. The monoisotopic (exact) mass is 497 g/mol. The summed E-state index contributed by atoms with van der Waals surface area (Å²) in [7, 11) is 0. The van der Waals surface area contributed by atoms with E-state index >= 15 is 0 Å². The first-order valence-corrected chi connectivity index (χ1v) is 13.0. The van der Waals surface area contributed by atoms with Crippen molar-refractivity contribution in [2.75, 3.05) is 0 Å². The highest BCUT2D eigenvalue weighted by Gasteiger charge is 2.38. The number of halogens is 3. The number of hydrogen-bond acceptors (Lipinski definition) is 2. The van der Waals surface area contributed by atoms with Gasteiger partial charge in [-0.1, -0.05) is 25.0 Å². The molecular formula is C29H30F3NO3. The normalized spacial score (nSPS) is 20.2. The highest BCUT2D eigenvalue weighted by atomic mass is 19.4. The number of fused-ring (bicyclic) bond motifs is 3. The molecule has 0 bridgehead atoms. The summed E-state index contributed by atoms with van der Waals surface area (Å²) in [6.45, 7) is 0.873. The standard InChI is InChI=1S/C29H30F3NO3/c30-29(31,32)24-13-17(5-9-22(24)18-3-1-2-4-18)16-36-21-8-10-25-23(15-21)27(19-6-7-19)28-20(14-26(34)35)11-12-33(25)28/h5,8-10,13,15,18-20H,1-4,6-7,11-12,14,16H2,(H,34,35)/t20-/m1/s1. The van der Waals surface area contributed by atoms with Crippen molar-refractivity contribution in [1.29, 1.82) is 0 Å². The molecule has 0 unspecified atom stereocenters. The second-order valence-corrected chi connectivity index (χ2v) is 10.7. The van der Waals surface area contributed by atoms with Gasteiger partial charge in [0.25, 0.3) is 0 Å². The van der Waals surface area contributed by atoms with E-state index in [4.69, 9.17) is 4.74 Å². The Balaban J connectivity index is 1.28. The zero-order valence-electron chi connectivity index (χ0n) is 20.1. The van der Waals surface area contributed by atoms with E-state index < -0.39 is 17.7 Å². The molecular weight excluding hydrogens is 467 g/mol. The molecule has 2 aliphatic carbocycles. The topological polar surface area (TPSA) is 51.5 Å². The minimum Gasteiger partial charge on any atom is -0.489 e. The number of carboxylic acid groups (broad SMARTS) is 1. The molecule has 6 rings (SSSR count). The van der Waals surface area contributed by atoms with Crippen LogP contribution in [0.15, 0.2) is 36.4 Å². The van der Waals surface area contributed by atoms with Gasteiger partial charge in [0.2, 0.25) is 0 Å². The van der Waals surface area contributed by atoms with Crippen LogP contribution in [0.5, 0.6) is 5.75 Å². The van der Waals surface area contributed by atoms with Crippen molar-refractivity contribution in [2.45, 2.75) is 88.4 Å². The fourth-order valence-corrected chi connectivity index (χ4v) is 6.48. The van der Waals surface area contributed by atoms with Gasteiger partial charge in [0.15, 0.2) is 0 Å². The van der Waals surface area contributed by atoms with Gasteiger partial charge in [0.1, 0.15) is 12.4 Å². The van der Waals surface area contributed by atoms with Crippen LogP contribution in [0.25, 0.3) is 10.9 Å². The molecule has 1 aliphatic heterocycles. The van der Waals surface area contributed by atoms with Crippen molar-refractivity contribution >= 4 is 16.9 Å². The number of hydrogen-bond donors (Lipinski definition) is 1. The number of benzene rings is 2. The van der Waals surface area contributed by atoms with E-state index in [-0.39, 0.29) is 24.9 Å². The third-order valence-corrected chi connectivity index (χ3v) is 8.23. The Morgan fingerprint density at radius 2 is 1.78 bits per heavy atom. The van der Waals surface area contributed by atoms with Gasteiger partial charge < -0.3 is 14.4 Å². The second kappa shape index (κ2) is 8.86. The zero-order valence-corrected chi connectivity index (χ0v) is 20.1. The Bertz CT molecular complexity index is 1320. The maximum atomic E-state index is 13.9. The minimum absolute atomic E-state index is 0.0124. The van der Waals surface area contributed by atoms with E-state index in [0.717, 1.165) is 68.1 Å². The van der Waals surface area contributed by atoms with Gasteiger partial charge in [-0.2, -0.15) is 13.2 Å². The van der Waals surface area contributed by atoms with Crippen molar-refractivity contribution in [3.8, 4) is 5.75 Å². The van der Waals surface area contributed by atoms with Gasteiger partial charge in [-0.3, -0.25) is 4.79 Å². The van der Waals surface area contributed by atoms with Crippen LogP contribution in [0, 0.1) is 0 Å². The van der Waals surface area contributed by atoms with E-state index in [9.17, 15) is 23.1 Å². The fraction of sp³-hybridized carbons (Fsp3) is 0.483. The lowest BCUT2D eigenvalue weighted by molar-refractivity contribution is -0.139. The molecule has 1 atom stereocenters. The lowest BCUT2D eigenvalue weighted by Gasteiger charge is -2.19. The molecule has 36 heavy (non-hydrogen) atoms. The molecule has 2 aromatic carbocycles. The molecule has 2 fully saturated rings. The number of carbonyl (C=O) groups is 1. The summed E-state index contributed by atoms with van der Waals surface area (Å²) in [5.41, 5.74) is 3.89. The lowest BCUT2D eigenvalue weighted by Crippen LogP contribution is -2.12. The van der Waals surface area contributed by atoms with E-state index in [0.29, 0.717) is 22.8 Å². The quantitative estimate of drug-likeness (QED) is 0.363. The average molecular weight is 498 g/mol. The number of carboxylic acids is 1. The van der Waals surface area contributed by atoms with Gasteiger partial charge in [-0.25, -0.2) is 0 Å². The van der Waals surface area contributed by atoms with Crippen molar-refractivity contribution < 1.29 is 27.8 Å². The number of alkyl halides is 3. The fourth-order valence-electron chi connectivity index (χ4n) is 6.48. The number of ether oxygens (including phenoxy) is 1. The Kier molecular flexibility index (Phi) is 5.77. The lowest BCUT2D eigenvalue weighted by atomic mass is 9.91. The first-order valence-electron chi connectivity index (χ1n) is 13.0. The van der Waals surface area contributed by atoms with Gasteiger partial charge >= 0.3 is 12.1 Å². The summed E-state index contributed by atoms with van der Waals surface area (Å²) >= 11 is 0. The van der Waals surface area contributed by atoms with Crippen molar-refractivity contribution in [2.24, 2.45) is 0 Å². The van der Waals surface area contributed by atoms with Gasteiger partial charge in [0.05, 0.1) is 12.0 Å². The SMILES string of the molecule is O=C(O)C[C@H]1CCn2c1c(C1CC1)c1cc(OCc3ccc(C4CCCC4)c(C(F)(F)F)c3)ccc12. The second-order valence-electron chi connectivity index (χ2n) is 10.7. The van der Waals surface area contributed by atoms with Crippen LogP contribution in [0.3, 0.4) is 0 Å². The molecule has 0 amide bonds. The van der Waals surface area contributed by atoms with E-state index in [1.165, 1.54) is 11.6 Å². The maximum absolute atomic E-state index is 13.9. The van der Waals surface area contributed by atoms with Crippen LogP contribution >= 0.6 is 0 Å². The van der Waals surface area contributed by atoms with Crippen LogP contribution in [0.4, 0.5) is 13.2 Å². The van der Waals surface area contributed by atoms with Gasteiger partial charge in [0, 0.05) is 29.1 Å². The first-order chi connectivity index (χ1) is 17.3. The van der Waals surface area contributed by atoms with Gasteiger partial charge in [-0.15, -0.1) is 0 Å². The third-order valence-electron chi connectivity index (χ3n) is 8.23. The van der Waals surface area contributed by atoms with Crippen LogP contribution in [0.1, 0.15) is 97.1 Å². The molecule has 190 valence electrons. The number of aromatic nitrogens is 1.